The average molecular weight is 275 g/mol. The van der Waals surface area contributed by atoms with Crippen LogP contribution >= 0.6 is 0 Å². The van der Waals surface area contributed by atoms with Crippen LogP contribution in [0.1, 0.15) is 30.4 Å². The Bertz CT molecular complexity index is 498. The van der Waals surface area contributed by atoms with Crippen LogP contribution in [0, 0.1) is 12.8 Å². The molecule has 108 valence electrons. The van der Waals surface area contributed by atoms with E-state index in [0.717, 1.165) is 12.8 Å². The van der Waals surface area contributed by atoms with Crippen molar-refractivity contribution in [2.45, 2.75) is 32.6 Å². The molecule has 1 aromatic rings. The first-order chi connectivity index (χ1) is 9.54. The minimum atomic E-state index is -0.774. The fourth-order valence-corrected chi connectivity index (χ4v) is 2.75. The highest BCUT2D eigenvalue weighted by Gasteiger charge is 2.27. The molecule has 20 heavy (non-hydrogen) atoms. The molecule has 1 unspecified atom stereocenters. The lowest BCUT2D eigenvalue weighted by Crippen LogP contribution is -2.29. The standard InChI is InChI=1S/C16H21NO3/c1-12-3-2-4-13(9-12)5-6-15(18)17-8-7-14(11-17)10-16(19)20/h2-4,9,14H,5-8,10-11H2,1H3,(H,19,20). The maximum absolute atomic E-state index is 12.1. The molecule has 1 atom stereocenters. The van der Waals surface area contributed by atoms with Crippen molar-refractivity contribution in [3.05, 3.63) is 35.4 Å². The number of carbonyl (C=O) groups excluding carboxylic acids is 1. The SMILES string of the molecule is Cc1cccc(CCC(=O)N2CCC(CC(=O)O)C2)c1. The van der Waals surface area contributed by atoms with Gasteiger partial charge in [0.2, 0.25) is 5.91 Å². The number of aryl methyl sites for hydroxylation is 2. The summed E-state index contributed by atoms with van der Waals surface area (Å²) in [4.78, 5) is 24.6. The van der Waals surface area contributed by atoms with Gasteiger partial charge < -0.3 is 10.0 Å². The molecule has 4 nitrogen and oxygen atoms in total. The average Bonchev–Trinajstić information content (AvgIpc) is 2.84. The molecule has 1 saturated heterocycles. The van der Waals surface area contributed by atoms with Gasteiger partial charge in [-0.1, -0.05) is 29.8 Å². The number of aliphatic carboxylic acids is 1. The van der Waals surface area contributed by atoms with Crippen molar-refractivity contribution < 1.29 is 14.7 Å². The number of hydrogen-bond acceptors (Lipinski definition) is 2. The largest absolute Gasteiger partial charge is 0.481 e. The number of carboxylic acid groups (broad SMARTS) is 1. The van der Waals surface area contributed by atoms with E-state index in [1.54, 1.807) is 0 Å². The maximum Gasteiger partial charge on any atom is 0.303 e. The van der Waals surface area contributed by atoms with Gasteiger partial charge in [0.1, 0.15) is 0 Å². The first kappa shape index (κ1) is 14.6. The Kier molecular flexibility index (Phi) is 4.77. The lowest BCUT2D eigenvalue weighted by Gasteiger charge is -2.16. The molecule has 0 bridgehead atoms. The van der Waals surface area contributed by atoms with E-state index >= 15 is 0 Å². The molecule has 0 saturated carbocycles. The third-order valence-corrected chi connectivity index (χ3v) is 3.81. The molecule has 1 aromatic carbocycles. The molecule has 0 radical (unpaired) electrons. The van der Waals surface area contributed by atoms with E-state index in [9.17, 15) is 9.59 Å². The summed E-state index contributed by atoms with van der Waals surface area (Å²) in [5, 5.41) is 8.77. The van der Waals surface area contributed by atoms with Crippen LogP contribution in [0.25, 0.3) is 0 Å². The van der Waals surface area contributed by atoms with Crippen LogP contribution in [0.4, 0.5) is 0 Å². The van der Waals surface area contributed by atoms with Crippen molar-refractivity contribution in [3.63, 3.8) is 0 Å². The van der Waals surface area contributed by atoms with Crippen molar-refractivity contribution in [2.24, 2.45) is 5.92 Å². The smallest absolute Gasteiger partial charge is 0.303 e. The second-order valence-electron chi connectivity index (χ2n) is 5.58. The molecular weight excluding hydrogens is 254 g/mol. The minimum Gasteiger partial charge on any atom is -0.481 e. The van der Waals surface area contributed by atoms with Gasteiger partial charge >= 0.3 is 5.97 Å². The second kappa shape index (κ2) is 6.55. The Labute approximate surface area is 119 Å². The van der Waals surface area contributed by atoms with Crippen LogP contribution in [0.5, 0.6) is 0 Å². The highest BCUT2D eigenvalue weighted by atomic mass is 16.4. The summed E-state index contributed by atoms with van der Waals surface area (Å²) in [5.41, 5.74) is 2.39. The first-order valence-electron chi connectivity index (χ1n) is 7.09. The van der Waals surface area contributed by atoms with E-state index in [1.165, 1.54) is 11.1 Å². The number of benzene rings is 1. The van der Waals surface area contributed by atoms with Gasteiger partial charge in [-0.25, -0.2) is 0 Å². The highest BCUT2D eigenvalue weighted by molar-refractivity contribution is 5.77. The quantitative estimate of drug-likeness (QED) is 0.896. The summed E-state index contributed by atoms with van der Waals surface area (Å²) < 4.78 is 0. The van der Waals surface area contributed by atoms with E-state index in [4.69, 9.17) is 5.11 Å². The molecular formula is C16H21NO3. The number of rotatable bonds is 5. The number of likely N-dealkylation sites (tertiary alicyclic amines) is 1. The fraction of sp³-hybridized carbons (Fsp3) is 0.500. The Balaban J connectivity index is 1.80. The predicted molar refractivity (Wildman–Crippen MR) is 76.4 cm³/mol. The highest BCUT2D eigenvalue weighted by Crippen LogP contribution is 2.20. The van der Waals surface area contributed by atoms with Gasteiger partial charge in [0.15, 0.2) is 0 Å². The Morgan fingerprint density at radius 3 is 2.90 bits per heavy atom. The molecule has 0 aromatic heterocycles. The van der Waals surface area contributed by atoms with Crippen molar-refractivity contribution in [1.82, 2.24) is 4.90 Å². The molecule has 1 amide bonds. The summed E-state index contributed by atoms with van der Waals surface area (Å²) in [6.45, 7) is 3.34. The first-order valence-corrected chi connectivity index (χ1v) is 7.09. The van der Waals surface area contributed by atoms with Gasteiger partial charge in [0.25, 0.3) is 0 Å². The molecule has 0 aliphatic carbocycles. The normalized spacial score (nSPS) is 18.2. The van der Waals surface area contributed by atoms with Crippen LogP contribution in [-0.2, 0) is 16.0 Å². The van der Waals surface area contributed by atoms with Crippen LogP contribution in [0.15, 0.2) is 24.3 Å². The molecule has 4 heteroatoms. The molecule has 0 spiro atoms. The topological polar surface area (TPSA) is 57.6 Å². The minimum absolute atomic E-state index is 0.121. The Morgan fingerprint density at radius 1 is 1.40 bits per heavy atom. The van der Waals surface area contributed by atoms with Crippen LogP contribution in [0.2, 0.25) is 0 Å². The van der Waals surface area contributed by atoms with Crippen LogP contribution in [-0.4, -0.2) is 35.0 Å². The Hall–Kier alpha value is -1.84. The van der Waals surface area contributed by atoms with E-state index in [2.05, 4.69) is 6.07 Å². The summed E-state index contributed by atoms with van der Waals surface area (Å²) >= 11 is 0. The van der Waals surface area contributed by atoms with Crippen LogP contribution < -0.4 is 0 Å². The van der Waals surface area contributed by atoms with E-state index < -0.39 is 5.97 Å². The molecule has 1 heterocycles. The maximum atomic E-state index is 12.1. The summed E-state index contributed by atoms with van der Waals surface area (Å²) in [6.07, 6.45) is 2.23. The third kappa shape index (κ3) is 4.08. The summed E-state index contributed by atoms with van der Waals surface area (Å²) in [7, 11) is 0. The zero-order valence-corrected chi connectivity index (χ0v) is 11.8. The van der Waals surface area contributed by atoms with E-state index in [0.29, 0.717) is 19.5 Å². The summed E-state index contributed by atoms with van der Waals surface area (Å²) in [6, 6.07) is 8.19. The number of hydrogen-bond donors (Lipinski definition) is 1. The molecule has 2 rings (SSSR count). The van der Waals surface area contributed by atoms with Gasteiger partial charge in [-0.15, -0.1) is 0 Å². The fourth-order valence-electron chi connectivity index (χ4n) is 2.75. The lowest BCUT2D eigenvalue weighted by molar-refractivity contribution is -0.138. The van der Waals surface area contributed by atoms with Crippen molar-refractivity contribution in [2.75, 3.05) is 13.1 Å². The van der Waals surface area contributed by atoms with Crippen molar-refractivity contribution in [3.8, 4) is 0 Å². The van der Waals surface area contributed by atoms with Gasteiger partial charge in [-0.2, -0.15) is 0 Å². The molecule has 1 aliphatic rings. The van der Waals surface area contributed by atoms with Gasteiger partial charge in [0, 0.05) is 25.9 Å². The third-order valence-electron chi connectivity index (χ3n) is 3.81. The molecule has 1 fully saturated rings. The monoisotopic (exact) mass is 275 g/mol. The predicted octanol–water partition coefficient (Wildman–Crippen LogP) is 2.25. The molecule has 1 N–H and O–H groups in total. The number of nitrogens with zero attached hydrogens (tertiary/aromatic N) is 1. The number of carbonyl (C=O) groups is 2. The van der Waals surface area contributed by atoms with Gasteiger partial charge in [-0.05, 0) is 31.2 Å². The lowest BCUT2D eigenvalue weighted by atomic mass is 10.1. The second-order valence-corrected chi connectivity index (χ2v) is 5.58. The number of carboxylic acids is 1. The summed E-state index contributed by atoms with van der Waals surface area (Å²) in [5.74, 6) is -0.515. The number of amides is 1. The Morgan fingerprint density at radius 2 is 2.20 bits per heavy atom. The van der Waals surface area contributed by atoms with Crippen molar-refractivity contribution in [1.29, 1.82) is 0 Å². The molecule has 1 aliphatic heterocycles. The zero-order valence-electron chi connectivity index (χ0n) is 11.8. The van der Waals surface area contributed by atoms with E-state index in [-0.39, 0.29) is 18.2 Å². The zero-order chi connectivity index (χ0) is 14.5. The van der Waals surface area contributed by atoms with Gasteiger partial charge in [-0.3, -0.25) is 9.59 Å². The van der Waals surface area contributed by atoms with E-state index in [1.807, 2.05) is 30.0 Å². The van der Waals surface area contributed by atoms with Crippen molar-refractivity contribution >= 4 is 11.9 Å². The van der Waals surface area contributed by atoms with Crippen LogP contribution in [0.3, 0.4) is 0 Å². The van der Waals surface area contributed by atoms with Gasteiger partial charge in [0.05, 0.1) is 0 Å².